The van der Waals surface area contributed by atoms with Crippen LogP contribution in [-0.4, -0.2) is 50.8 Å². The predicted octanol–water partition coefficient (Wildman–Crippen LogP) is 1.44. The molecule has 0 saturated carbocycles. The minimum Gasteiger partial charge on any atom is -0.459 e. The van der Waals surface area contributed by atoms with E-state index in [1.54, 1.807) is 7.11 Å². The number of carbonyl (C=O) groups excluding carboxylic acids is 1. The molecule has 0 fully saturated rings. The fraction of sp³-hybridized carbons (Fsp3) is 0.812. The van der Waals surface area contributed by atoms with Crippen molar-refractivity contribution in [3.63, 3.8) is 0 Å². The fourth-order valence-electron chi connectivity index (χ4n) is 2.19. The zero-order valence-corrected chi connectivity index (χ0v) is 13.8. The maximum absolute atomic E-state index is 12.1. The van der Waals surface area contributed by atoms with Crippen molar-refractivity contribution >= 4 is 5.91 Å². The second-order valence-electron chi connectivity index (χ2n) is 5.77. The molecule has 2 atom stereocenters. The summed E-state index contributed by atoms with van der Waals surface area (Å²) in [5.41, 5.74) is 0. The number of aliphatic hydroxyl groups excluding tert-OH is 1. The molecule has 0 aromatic carbocycles. The zero-order chi connectivity index (χ0) is 16.4. The van der Waals surface area contributed by atoms with Gasteiger partial charge in [-0.1, -0.05) is 13.8 Å². The second kappa shape index (κ2) is 10.6. The molecule has 128 valence electrons. The van der Waals surface area contributed by atoms with Crippen LogP contribution in [0.15, 0.2) is 11.8 Å². The summed E-state index contributed by atoms with van der Waals surface area (Å²) in [7, 11) is 1.59. The lowest BCUT2D eigenvalue weighted by atomic mass is 9.90. The van der Waals surface area contributed by atoms with Crippen LogP contribution in [0.5, 0.6) is 0 Å². The molecule has 0 aromatic heterocycles. The topological polar surface area (TPSA) is 77.0 Å². The number of aliphatic hydroxyl groups is 1. The minimum absolute atomic E-state index is 0.163. The van der Waals surface area contributed by atoms with Crippen LogP contribution in [0.25, 0.3) is 0 Å². The largest absolute Gasteiger partial charge is 0.459 e. The summed E-state index contributed by atoms with van der Waals surface area (Å²) < 4.78 is 16.3. The molecule has 1 aliphatic heterocycles. The maximum Gasteiger partial charge on any atom is 0.286 e. The summed E-state index contributed by atoms with van der Waals surface area (Å²) in [5.74, 6) is 0.758. The maximum atomic E-state index is 12.1. The Labute approximate surface area is 132 Å². The van der Waals surface area contributed by atoms with Gasteiger partial charge in [-0.2, -0.15) is 0 Å². The van der Waals surface area contributed by atoms with Crippen LogP contribution < -0.4 is 5.32 Å². The molecular weight excluding hydrogens is 286 g/mol. The Kier molecular flexibility index (Phi) is 9.11. The molecule has 1 amide bonds. The third kappa shape index (κ3) is 6.77. The van der Waals surface area contributed by atoms with E-state index in [-0.39, 0.29) is 18.4 Å². The van der Waals surface area contributed by atoms with Crippen molar-refractivity contribution in [3.05, 3.63) is 11.8 Å². The Balaban J connectivity index is 2.55. The zero-order valence-electron chi connectivity index (χ0n) is 13.8. The summed E-state index contributed by atoms with van der Waals surface area (Å²) in [6, 6.07) is 0. The van der Waals surface area contributed by atoms with Gasteiger partial charge in [0.1, 0.15) is 0 Å². The Bertz CT molecular complexity index is 356. The minimum atomic E-state index is -0.403. The monoisotopic (exact) mass is 315 g/mol. The van der Waals surface area contributed by atoms with Gasteiger partial charge in [0.15, 0.2) is 5.76 Å². The quantitative estimate of drug-likeness (QED) is 0.597. The molecule has 0 radical (unpaired) electrons. The smallest absolute Gasteiger partial charge is 0.286 e. The van der Waals surface area contributed by atoms with Crippen LogP contribution in [0.4, 0.5) is 0 Å². The van der Waals surface area contributed by atoms with Gasteiger partial charge in [0, 0.05) is 26.7 Å². The first-order valence-electron chi connectivity index (χ1n) is 7.96. The van der Waals surface area contributed by atoms with Crippen LogP contribution in [0.2, 0.25) is 0 Å². The number of nitrogens with one attached hydrogen (secondary N) is 1. The number of methoxy groups -OCH3 is 1. The van der Waals surface area contributed by atoms with Gasteiger partial charge in [0.2, 0.25) is 6.29 Å². The van der Waals surface area contributed by atoms with Gasteiger partial charge >= 0.3 is 0 Å². The normalized spacial score (nSPS) is 21.4. The van der Waals surface area contributed by atoms with Crippen molar-refractivity contribution < 1.29 is 24.1 Å². The SMILES string of the molecule is COCCNC(=O)C1=C[C@@H](C(C)C)C[C@@H](OCCCCO)O1. The number of amides is 1. The third-order valence-corrected chi connectivity index (χ3v) is 3.62. The molecule has 6 heteroatoms. The molecule has 1 aliphatic rings. The lowest BCUT2D eigenvalue weighted by Crippen LogP contribution is -2.35. The summed E-state index contributed by atoms with van der Waals surface area (Å²) >= 11 is 0. The van der Waals surface area contributed by atoms with E-state index in [9.17, 15) is 4.79 Å². The first kappa shape index (κ1) is 18.9. The van der Waals surface area contributed by atoms with Crippen LogP contribution in [0.3, 0.4) is 0 Å². The van der Waals surface area contributed by atoms with E-state index < -0.39 is 6.29 Å². The lowest BCUT2D eigenvalue weighted by molar-refractivity contribution is -0.150. The van der Waals surface area contributed by atoms with Gasteiger partial charge in [0.25, 0.3) is 5.91 Å². The average Bonchev–Trinajstić information content (AvgIpc) is 2.51. The fourth-order valence-corrected chi connectivity index (χ4v) is 2.19. The molecule has 22 heavy (non-hydrogen) atoms. The summed E-state index contributed by atoms with van der Waals surface area (Å²) in [5, 5.41) is 11.5. The number of unbranched alkanes of at least 4 members (excludes halogenated alkanes) is 1. The molecule has 0 aliphatic carbocycles. The average molecular weight is 315 g/mol. The van der Waals surface area contributed by atoms with E-state index in [0.717, 1.165) is 12.8 Å². The van der Waals surface area contributed by atoms with Crippen molar-refractivity contribution in [2.75, 3.05) is 33.5 Å². The highest BCUT2D eigenvalue weighted by molar-refractivity contribution is 5.91. The van der Waals surface area contributed by atoms with E-state index >= 15 is 0 Å². The van der Waals surface area contributed by atoms with Crippen LogP contribution in [0, 0.1) is 11.8 Å². The summed E-state index contributed by atoms with van der Waals surface area (Å²) in [6.07, 6.45) is 3.72. The number of hydrogen-bond donors (Lipinski definition) is 2. The van der Waals surface area contributed by atoms with E-state index in [4.69, 9.17) is 19.3 Å². The molecule has 0 bridgehead atoms. The molecule has 1 rings (SSSR count). The van der Waals surface area contributed by atoms with Crippen molar-refractivity contribution in [3.8, 4) is 0 Å². The Morgan fingerprint density at radius 2 is 2.23 bits per heavy atom. The van der Waals surface area contributed by atoms with E-state index in [0.29, 0.717) is 37.9 Å². The van der Waals surface area contributed by atoms with Gasteiger partial charge < -0.3 is 24.6 Å². The Hall–Kier alpha value is -1.11. The highest BCUT2D eigenvalue weighted by Crippen LogP contribution is 2.28. The molecule has 2 N–H and O–H groups in total. The van der Waals surface area contributed by atoms with Gasteiger partial charge in [0.05, 0.1) is 13.2 Å². The van der Waals surface area contributed by atoms with E-state index in [1.807, 2.05) is 6.08 Å². The second-order valence-corrected chi connectivity index (χ2v) is 5.77. The Morgan fingerprint density at radius 1 is 1.45 bits per heavy atom. The molecule has 0 saturated heterocycles. The number of hydrogen-bond acceptors (Lipinski definition) is 5. The van der Waals surface area contributed by atoms with E-state index in [2.05, 4.69) is 19.2 Å². The molecule has 6 nitrogen and oxygen atoms in total. The first-order valence-corrected chi connectivity index (χ1v) is 7.96. The number of allylic oxidation sites excluding steroid dienone is 1. The standard InChI is InChI=1S/C16H29NO5/c1-12(2)13-10-14(16(19)17-6-9-20-3)22-15(11-13)21-8-5-4-7-18/h10,12-13,15,18H,4-9,11H2,1-3H3,(H,17,19)/t13-,15+/m1/s1. The van der Waals surface area contributed by atoms with Crippen molar-refractivity contribution in [1.29, 1.82) is 0 Å². The third-order valence-electron chi connectivity index (χ3n) is 3.62. The molecule has 0 spiro atoms. The number of rotatable bonds is 10. The van der Waals surface area contributed by atoms with Crippen molar-refractivity contribution in [2.24, 2.45) is 11.8 Å². The molecule has 1 heterocycles. The summed E-state index contributed by atoms with van der Waals surface area (Å²) in [4.78, 5) is 12.1. The number of carbonyl (C=O) groups is 1. The van der Waals surface area contributed by atoms with Gasteiger partial charge in [-0.25, -0.2) is 0 Å². The highest BCUT2D eigenvalue weighted by Gasteiger charge is 2.29. The van der Waals surface area contributed by atoms with E-state index in [1.165, 1.54) is 0 Å². The van der Waals surface area contributed by atoms with Crippen molar-refractivity contribution in [1.82, 2.24) is 5.32 Å². The van der Waals surface area contributed by atoms with Gasteiger partial charge in [-0.3, -0.25) is 4.79 Å². The molecular formula is C16H29NO5. The van der Waals surface area contributed by atoms with Gasteiger partial charge in [-0.15, -0.1) is 0 Å². The lowest BCUT2D eigenvalue weighted by Gasteiger charge is -2.30. The predicted molar refractivity (Wildman–Crippen MR) is 83.1 cm³/mol. The molecule has 0 unspecified atom stereocenters. The highest BCUT2D eigenvalue weighted by atomic mass is 16.7. The molecule has 0 aromatic rings. The van der Waals surface area contributed by atoms with Crippen LogP contribution >= 0.6 is 0 Å². The van der Waals surface area contributed by atoms with Crippen molar-refractivity contribution in [2.45, 2.75) is 39.4 Å². The Morgan fingerprint density at radius 3 is 2.86 bits per heavy atom. The van der Waals surface area contributed by atoms with Crippen LogP contribution in [0.1, 0.15) is 33.1 Å². The number of ether oxygens (including phenoxy) is 3. The first-order chi connectivity index (χ1) is 10.6. The van der Waals surface area contributed by atoms with Crippen LogP contribution in [-0.2, 0) is 19.0 Å². The van der Waals surface area contributed by atoms with Gasteiger partial charge in [-0.05, 0) is 30.8 Å². The summed E-state index contributed by atoms with van der Waals surface area (Å²) in [6.45, 7) is 5.84.